The van der Waals surface area contributed by atoms with Crippen molar-refractivity contribution < 1.29 is 9.67 Å². The minimum absolute atomic E-state index is 0.188. The lowest BCUT2D eigenvalue weighted by atomic mass is 10.0. The average Bonchev–Trinajstić information content (AvgIpc) is 2.65. The number of β-amino-alcohol motifs (C(OH)–C–C–N with tert-alkyl or cyclic N) is 1. The standard InChI is InChI=1S/C21H26NO2P/c1-2-15-22-16-19(23)14-13-18(22)17-25(24,20-9-5-3-6-10-20)21-11-7-4-8-12-21/h2-12,18-19,23H,1,13-17H2/t18-,19+/m1/s1. The number of likely N-dealkylation sites (tertiary alicyclic amines) is 1. The summed E-state index contributed by atoms with van der Waals surface area (Å²) in [4.78, 5) is 2.22. The van der Waals surface area contributed by atoms with Crippen molar-refractivity contribution in [2.45, 2.75) is 25.0 Å². The number of hydrogen-bond acceptors (Lipinski definition) is 3. The molecule has 3 nitrogen and oxygen atoms in total. The van der Waals surface area contributed by atoms with Crippen molar-refractivity contribution in [3.05, 3.63) is 73.3 Å². The van der Waals surface area contributed by atoms with Gasteiger partial charge in [0.05, 0.1) is 6.10 Å². The lowest BCUT2D eigenvalue weighted by molar-refractivity contribution is 0.0491. The van der Waals surface area contributed by atoms with Gasteiger partial charge in [-0.25, -0.2) is 0 Å². The zero-order valence-electron chi connectivity index (χ0n) is 14.5. The molecule has 1 N–H and O–H groups in total. The number of aliphatic hydroxyl groups is 1. The molecule has 2 atom stereocenters. The smallest absolute Gasteiger partial charge is 0.144 e. The third kappa shape index (κ3) is 4.12. The molecule has 132 valence electrons. The second-order valence-corrected chi connectivity index (χ2v) is 9.60. The monoisotopic (exact) mass is 355 g/mol. The molecule has 3 rings (SSSR count). The van der Waals surface area contributed by atoms with Crippen molar-refractivity contribution in [2.75, 3.05) is 19.3 Å². The van der Waals surface area contributed by atoms with Crippen molar-refractivity contribution in [1.29, 1.82) is 0 Å². The molecule has 1 aliphatic heterocycles. The van der Waals surface area contributed by atoms with Gasteiger partial charge in [0, 0.05) is 35.9 Å². The Labute approximate surface area is 150 Å². The maximum Gasteiger partial charge on any atom is 0.144 e. The zero-order valence-corrected chi connectivity index (χ0v) is 15.4. The van der Waals surface area contributed by atoms with Crippen LogP contribution in [0.2, 0.25) is 0 Å². The van der Waals surface area contributed by atoms with Crippen LogP contribution in [0.25, 0.3) is 0 Å². The fourth-order valence-electron chi connectivity index (χ4n) is 3.67. The van der Waals surface area contributed by atoms with Crippen molar-refractivity contribution in [2.24, 2.45) is 0 Å². The average molecular weight is 355 g/mol. The van der Waals surface area contributed by atoms with Crippen LogP contribution in [0.5, 0.6) is 0 Å². The van der Waals surface area contributed by atoms with Crippen LogP contribution >= 0.6 is 7.14 Å². The first-order chi connectivity index (χ1) is 12.1. The SMILES string of the molecule is C=CCN1C[C@@H](O)CC[C@@H]1CP(=O)(c1ccccc1)c1ccccc1. The largest absolute Gasteiger partial charge is 0.392 e. The summed E-state index contributed by atoms with van der Waals surface area (Å²) in [6.07, 6.45) is 3.78. The molecular formula is C21H26NO2P. The fourth-order valence-corrected chi connectivity index (χ4v) is 6.70. The Morgan fingerprint density at radius 3 is 2.12 bits per heavy atom. The molecule has 0 bridgehead atoms. The van der Waals surface area contributed by atoms with Gasteiger partial charge in [-0.1, -0.05) is 66.7 Å². The predicted molar refractivity (Wildman–Crippen MR) is 105 cm³/mol. The molecule has 0 saturated carbocycles. The van der Waals surface area contributed by atoms with Gasteiger partial charge in [0.15, 0.2) is 0 Å². The molecule has 0 aromatic heterocycles. The Kier molecular flexibility index (Phi) is 5.90. The lowest BCUT2D eigenvalue weighted by Gasteiger charge is -2.39. The van der Waals surface area contributed by atoms with Crippen LogP contribution in [0.3, 0.4) is 0 Å². The van der Waals surface area contributed by atoms with E-state index in [9.17, 15) is 9.67 Å². The predicted octanol–water partition coefficient (Wildman–Crippen LogP) is 3.01. The van der Waals surface area contributed by atoms with Crippen LogP contribution in [0.1, 0.15) is 12.8 Å². The summed E-state index contributed by atoms with van der Waals surface area (Å²) in [7, 11) is -2.73. The van der Waals surface area contributed by atoms with Gasteiger partial charge in [0.25, 0.3) is 0 Å². The van der Waals surface area contributed by atoms with Crippen LogP contribution in [-0.4, -0.2) is 41.4 Å². The van der Waals surface area contributed by atoms with Gasteiger partial charge >= 0.3 is 0 Å². The lowest BCUT2D eigenvalue weighted by Crippen LogP contribution is -2.48. The van der Waals surface area contributed by atoms with Crippen LogP contribution < -0.4 is 10.6 Å². The van der Waals surface area contributed by atoms with Crippen LogP contribution in [0.15, 0.2) is 73.3 Å². The Hall–Kier alpha value is -1.67. The first kappa shape index (κ1) is 18.1. The summed E-state index contributed by atoms with van der Waals surface area (Å²) in [5, 5.41) is 11.8. The molecule has 1 aliphatic rings. The molecule has 4 heteroatoms. The summed E-state index contributed by atoms with van der Waals surface area (Å²) in [5.41, 5.74) is 0. The van der Waals surface area contributed by atoms with E-state index in [1.807, 2.05) is 66.7 Å². The Morgan fingerprint density at radius 2 is 1.60 bits per heavy atom. The number of nitrogens with zero attached hydrogens (tertiary/aromatic N) is 1. The van der Waals surface area contributed by atoms with Gasteiger partial charge in [-0.05, 0) is 12.8 Å². The molecular weight excluding hydrogens is 329 g/mol. The van der Waals surface area contributed by atoms with Gasteiger partial charge in [0.1, 0.15) is 7.14 Å². The number of hydrogen-bond donors (Lipinski definition) is 1. The van der Waals surface area contributed by atoms with Gasteiger partial charge in [-0.15, -0.1) is 6.58 Å². The van der Waals surface area contributed by atoms with Gasteiger partial charge in [-0.2, -0.15) is 0 Å². The first-order valence-electron chi connectivity index (χ1n) is 8.87. The topological polar surface area (TPSA) is 40.5 Å². The summed E-state index contributed by atoms with van der Waals surface area (Å²) in [6, 6.07) is 19.8. The molecule has 0 aliphatic carbocycles. The zero-order chi connectivity index (χ0) is 17.7. The highest BCUT2D eigenvalue weighted by atomic mass is 31.2. The van der Waals surface area contributed by atoms with Gasteiger partial charge < -0.3 is 9.67 Å². The van der Waals surface area contributed by atoms with E-state index in [0.717, 1.165) is 23.5 Å². The van der Waals surface area contributed by atoms with Gasteiger partial charge in [0.2, 0.25) is 0 Å². The Morgan fingerprint density at radius 1 is 1.04 bits per heavy atom. The van der Waals surface area contributed by atoms with Crippen molar-refractivity contribution in [3.8, 4) is 0 Å². The second kappa shape index (κ2) is 8.14. The normalized spacial score (nSPS) is 21.8. The summed E-state index contributed by atoms with van der Waals surface area (Å²) in [6.45, 7) is 5.17. The first-order valence-corrected chi connectivity index (χ1v) is 10.8. The second-order valence-electron chi connectivity index (χ2n) is 6.72. The molecule has 0 amide bonds. The van der Waals surface area contributed by atoms with Crippen LogP contribution in [0.4, 0.5) is 0 Å². The van der Waals surface area contributed by atoms with E-state index in [-0.39, 0.29) is 12.1 Å². The van der Waals surface area contributed by atoms with E-state index in [1.165, 1.54) is 0 Å². The maximum atomic E-state index is 14.2. The highest BCUT2D eigenvalue weighted by Crippen LogP contribution is 2.45. The van der Waals surface area contributed by atoms with Crippen LogP contribution in [0, 0.1) is 0 Å². The molecule has 0 unspecified atom stereocenters. The van der Waals surface area contributed by atoms with E-state index < -0.39 is 7.14 Å². The molecule has 2 aromatic carbocycles. The molecule has 1 fully saturated rings. The molecule has 1 saturated heterocycles. The number of piperidine rings is 1. The maximum absolute atomic E-state index is 14.2. The fraction of sp³-hybridized carbons (Fsp3) is 0.333. The molecule has 25 heavy (non-hydrogen) atoms. The third-order valence-electron chi connectivity index (χ3n) is 4.97. The highest BCUT2D eigenvalue weighted by Gasteiger charge is 2.35. The molecule has 0 spiro atoms. The van der Waals surface area contributed by atoms with E-state index in [0.29, 0.717) is 19.3 Å². The number of benzene rings is 2. The van der Waals surface area contributed by atoms with Crippen molar-refractivity contribution in [1.82, 2.24) is 4.90 Å². The van der Waals surface area contributed by atoms with Crippen molar-refractivity contribution >= 4 is 17.8 Å². The summed E-state index contributed by atoms with van der Waals surface area (Å²) >= 11 is 0. The minimum atomic E-state index is -2.73. The Bertz CT molecular complexity index is 689. The van der Waals surface area contributed by atoms with E-state index in [2.05, 4.69) is 11.5 Å². The third-order valence-corrected chi connectivity index (χ3v) is 8.17. The van der Waals surface area contributed by atoms with Crippen LogP contribution in [-0.2, 0) is 4.57 Å². The molecule has 1 heterocycles. The number of rotatable bonds is 6. The van der Waals surface area contributed by atoms with E-state index >= 15 is 0 Å². The Balaban J connectivity index is 1.95. The van der Waals surface area contributed by atoms with E-state index in [1.54, 1.807) is 0 Å². The molecule has 0 radical (unpaired) electrons. The quantitative estimate of drug-likeness (QED) is 0.640. The molecule has 2 aromatic rings. The highest BCUT2D eigenvalue weighted by molar-refractivity contribution is 7.78. The van der Waals surface area contributed by atoms with E-state index in [4.69, 9.17) is 0 Å². The van der Waals surface area contributed by atoms with Gasteiger partial charge in [-0.3, -0.25) is 4.90 Å². The summed E-state index contributed by atoms with van der Waals surface area (Å²) < 4.78 is 14.2. The van der Waals surface area contributed by atoms with Crippen molar-refractivity contribution in [3.63, 3.8) is 0 Å². The minimum Gasteiger partial charge on any atom is -0.392 e. The number of aliphatic hydroxyl groups excluding tert-OH is 1. The summed E-state index contributed by atoms with van der Waals surface area (Å²) in [5.74, 6) is 0.